The number of aromatic nitrogens is 2. The normalized spacial score (nSPS) is 10.4. The van der Waals surface area contributed by atoms with Crippen LogP contribution in [0.3, 0.4) is 0 Å². The first-order valence-electron chi connectivity index (χ1n) is 4.91. The van der Waals surface area contributed by atoms with Crippen molar-refractivity contribution in [2.75, 3.05) is 19.2 Å². The zero-order valence-corrected chi connectivity index (χ0v) is 9.19. The van der Waals surface area contributed by atoms with Crippen LogP contribution < -0.4 is 10.1 Å². The molecule has 0 aliphatic rings. The van der Waals surface area contributed by atoms with Crippen LogP contribution in [0, 0.1) is 6.92 Å². The predicted octanol–water partition coefficient (Wildman–Crippen LogP) is 1.31. The average Bonchev–Trinajstić information content (AvgIpc) is 2.30. The maximum atomic E-state index is 8.76. The number of nitrogens with zero attached hydrogens (tertiary/aromatic N) is 2. The van der Waals surface area contributed by atoms with Crippen molar-refractivity contribution >= 4 is 16.9 Å². The number of aliphatic hydroxyl groups is 1. The summed E-state index contributed by atoms with van der Waals surface area (Å²) in [5.41, 5.74) is 2.54. The number of aryl methyl sites for hydroxylation is 1. The monoisotopic (exact) mass is 219 g/mol. The molecule has 2 rings (SSSR count). The van der Waals surface area contributed by atoms with Gasteiger partial charge in [-0.1, -0.05) is 6.07 Å². The van der Waals surface area contributed by atoms with Gasteiger partial charge in [-0.05, 0) is 18.6 Å². The zero-order chi connectivity index (χ0) is 11.5. The Bertz CT molecular complexity index is 514. The van der Waals surface area contributed by atoms with Crippen molar-refractivity contribution < 1.29 is 9.84 Å². The number of aliphatic hydroxyl groups excluding tert-OH is 1. The third kappa shape index (κ3) is 1.77. The highest BCUT2D eigenvalue weighted by Gasteiger charge is 2.07. The minimum Gasteiger partial charge on any atom is -0.494 e. The van der Waals surface area contributed by atoms with Gasteiger partial charge in [0.25, 0.3) is 0 Å². The maximum Gasteiger partial charge on any atom is 0.147 e. The van der Waals surface area contributed by atoms with Crippen molar-refractivity contribution in [2.24, 2.45) is 0 Å². The molecule has 0 unspecified atom stereocenters. The van der Waals surface area contributed by atoms with Gasteiger partial charge < -0.3 is 15.2 Å². The quantitative estimate of drug-likeness (QED) is 0.762. The Balaban J connectivity index is 2.64. The van der Waals surface area contributed by atoms with Gasteiger partial charge in [0.15, 0.2) is 0 Å². The molecule has 0 radical (unpaired) electrons. The second-order valence-corrected chi connectivity index (χ2v) is 3.37. The molecule has 0 aliphatic carbocycles. The fourth-order valence-corrected chi connectivity index (χ4v) is 1.54. The molecule has 5 nitrogen and oxygen atoms in total. The van der Waals surface area contributed by atoms with Crippen molar-refractivity contribution in [2.45, 2.75) is 6.92 Å². The number of hydrogen-bond donors (Lipinski definition) is 2. The van der Waals surface area contributed by atoms with Crippen LogP contribution in [0.2, 0.25) is 0 Å². The van der Waals surface area contributed by atoms with Crippen LogP contribution >= 0.6 is 0 Å². The first kappa shape index (κ1) is 10.6. The third-order valence-corrected chi connectivity index (χ3v) is 2.34. The minimum atomic E-state index is -0.172. The van der Waals surface area contributed by atoms with Gasteiger partial charge in [0, 0.05) is 0 Å². The second kappa shape index (κ2) is 4.32. The first-order chi connectivity index (χ1) is 7.76. The Morgan fingerprint density at radius 3 is 2.88 bits per heavy atom. The number of nitrogens with one attached hydrogen (secondary N) is 1. The van der Waals surface area contributed by atoms with Gasteiger partial charge in [0.2, 0.25) is 0 Å². The molecule has 0 amide bonds. The van der Waals surface area contributed by atoms with Crippen molar-refractivity contribution in [3.63, 3.8) is 0 Å². The molecular formula is C11H13N3O2. The molecule has 0 spiro atoms. The van der Waals surface area contributed by atoms with Gasteiger partial charge in [0.1, 0.15) is 23.8 Å². The van der Waals surface area contributed by atoms with Crippen molar-refractivity contribution in [3.05, 3.63) is 23.9 Å². The Hall–Kier alpha value is -1.88. The standard InChI is InChI=1S/C11H13N3O2/c1-7-3-4-8(16-2)11-10(7)12-5-9(14-11)13-6-15/h3-5,15H,6H2,1-2H3,(H,13,14). The number of hydrogen-bond acceptors (Lipinski definition) is 5. The molecule has 1 aromatic heterocycles. The topological polar surface area (TPSA) is 67.3 Å². The molecule has 2 aromatic rings. The summed E-state index contributed by atoms with van der Waals surface area (Å²) in [5, 5.41) is 11.5. The van der Waals surface area contributed by atoms with E-state index in [9.17, 15) is 0 Å². The second-order valence-electron chi connectivity index (χ2n) is 3.37. The molecule has 0 saturated heterocycles. The molecule has 16 heavy (non-hydrogen) atoms. The first-order valence-corrected chi connectivity index (χ1v) is 4.91. The molecule has 2 N–H and O–H groups in total. The highest BCUT2D eigenvalue weighted by molar-refractivity contribution is 5.84. The molecule has 0 aliphatic heterocycles. The lowest BCUT2D eigenvalue weighted by atomic mass is 10.2. The Morgan fingerprint density at radius 2 is 2.19 bits per heavy atom. The van der Waals surface area contributed by atoms with Crippen LogP contribution in [-0.4, -0.2) is 28.9 Å². The van der Waals surface area contributed by atoms with Crippen LogP contribution in [-0.2, 0) is 0 Å². The number of methoxy groups -OCH3 is 1. The van der Waals surface area contributed by atoms with Gasteiger partial charge >= 0.3 is 0 Å². The van der Waals surface area contributed by atoms with E-state index in [1.807, 2.05) is 19.1 Å². The van der Waals surface area contributed by atoms with E-state index >= 15 is 0 Å². The molecule has 0 atom stereocenters. The predicted molar refractivity (Wildman–Crippen MR) is 61.5 cm³/mol. The number of ether oxygens (including phenoxy) is 1. The summed E-state index contributed by atoms with van der Waals surface area (Å²) >= 11 is 0. The third-order valence-electron chi connectivity index (χ3n) is 2.34. The molecule has 1 aromatic carbocycles. The molecular weight excluding hydrogens is 206 g/mol. The maximum absolute atomic E-state index is 8.76. The van der Waals surface area contributed by atoms with E-state index in [4.69, 9.17) is 9.84 Å². The fourth-order valence-electron chi connectivity index (χ4n) is 1.54. The van der Waals surface area contributed by atoms with Crippen molar-refractivity contribution in [1.29, 1.82) is 0 Å². The fraction of sp³-hybridized carbons (Fsp3) is 0.273. The van der Waals surface area contributed by atoms with Gasteiger partial charge in [-0.15, -0.1) is 0 Å². The van der Waals surface area contributed by atoms with E-state index in [0.717, 1.165) is 11.1 Å². The number of fused-ring (bicyclic) bond motifs is 1. The van der Waals surface area contributed by atoms with Crippen molar-refractivity contribution in [3.8, 4) is 5.75 Å². The SMILES string of the molecule is COc1ccc(C)c2ncc(NCO)nc12. The molecule has 84 valence electrons. The van der Waals surface area contributed by atoms with Crippen LogP contribution in [0.1, 0.15) is 5.56 Å². The molecule has 0 fully saturated rings. The Kier molecular flexibility index (Phi) is 2.87. The summed E-state index contributed by atoms with van der Waals surface area (Å²) in [7, 11) is 1.60. The molecule has 1 heterocycles. The number of benzene rings is 1. The Morgan fingerprint density at radius 1 is 1.38 bits per heavy atom. The number of anilines is 1. The van der Waals surface area contributed by atoms with Gasteiger partial charge in [-0.2, -0.15) is 0 Å². The van der Waals surface area contributed by atoms with E-state index in [1.165, 1.54) is 0 Å². The van der Waals surface area contributed by atoms with E-state index < -0.39 is 0 Å². The smallest absolute Gasteiger partial charge is 0.147 e. The van der Waals surface area contributed by atoms with Crippen LogP contribution in [0.5, 0.6) is 5.75 Å². The Labute approximate surface area is 93.1 Å². The summed E-state index contributed by atoms with van der Waals surface area (Å²) in [5.74, 6) is 1.20. The summed E-state index contributed by atoms with van der Waals surface area (Å²) in [6.07, 6.45) is 1.59. The minimum absolute atomic E-state index is 0.172. The van der Waals surface area contributed by atoms with E-state index in [0.29, 0.717) is 17.1 Å². The van der Waals surface area contributed by atoms with Crippen molar-refractivity contribution in [1.82, 2.24) is 9.97 Å². The average molecular weight is 219 g/mol. The number of rotatable bonds is 3. The van der Waals surface area contributed by atoms with Crippen LogP contribution in [0.15, 0.2) is 18.3 Å². The zero-order valence-electron chi connectivity index (χ0n) is 9.19. The van der Waals surface area contributed by atoms with E-state index in [2.05, 4.69) is 15.3 Å². The lowest BCUT2D eigenvalue weighted by Crippen LogP contribution is -2.03. The van der Waals surface area contributed by atoms with Gasteiger partial charge in [0.05, 0.1) is 18.8 Å². The van der Waals surface area contributed by atoms with Gasteiger partial charge in [-0.25, -0.2) is 4.98 Å². The van der Waals surface area contributed by atoms with E-state index in [1.54, 1.807) is 13.3 Å². The highest BCUT2D eigenvalue weighted by Crippen LogP contribution is 2.25. The molecule has 5 heteroatoms. The van der Waals surface area contributed by atoms with E-state index in [-0.39, 0.29) is 6.73 Å². The highest BCUT2D eigenvalue weighted by atomic mass is 16.5. The van der Waals surface area contributed by atoms with Crippen LogP contribution in [0.4, 0.5) is 5.82 Å². The van der Waals surface area contributed by atoms with Gasteiger partial charge in [-0.3, -0.25) is 4.98 Å². The molecule has 0 bridgehead atoms. The summed E-state index contributed by atoms with van der Waals surface area (Å²) < 4.78 is 5.22. The lowest BCUT2D eigenvalue weighted by Gasteiger charge is -2.08. The summed E-state index contributed by atoms with van der Waals surface area (Å²) in [6.45, 7) is 1.80. The van der Waals surface area contributed by atoms with Crippen LogP contribution in [0.25, 0.3) is 11.0 Å². The summed E-state index contributed by atoms with van der Waals surface area (Å²) in [4.78, 5) is 8.63. The lowest BCUT2D eigenvalue weighted by molar-refractivity contribution is 0.325. The molecule has 0 saturated carbocycles. The summed E-state index contributed by atoms with van der Waals surface area (Å²) in [6, 6.07) is 3.80. The largest absolute Gasteiger partial charge is 0.494 e.